The Morgan fingerprint density at radius 3 is 2.41 bits per heavy atom. The predicted molar refractivity (Wildman–Crippen MR) is 63.3 cm³/mol. The topological polar surface area (TPSA) is 73.1 Å². The molecule has 0 unspecified atom stereocenters. The van der Waals surface area contributed by atoms with Crippen LogP contribution < -0.4 is 5.32 Å². The summed E-state index contributed by atoms with van der Waals surface area (Å²) in [5.41, 5.74) is -0.257. The number of benzene rings is 1. The highest BCUT2D eigenvalue weighted by Gasteiger charge is 2.41. The molecule has 0 heterocycles. The lowest BCUT2D eigenvalue weighted by molar-refractivity contribution is -0.122. The van der Waals surface area contributed by atoms with Crippen LogP contribution in [-0.2, 0) is 4.79 Å². The number of hydrogen-bond donors (Lipinski definition) is 2. The van der Waals surface area contributed by atoms with Crippen molar-refractivity contribution >= 4 is 11.6 Å². The zero-order valence-electron chi connectivity index (χ0n) is 9.44. The van der Waals surface area contributed by atoms with Crippen molar-refractivity contribution in [1.29, 1.82) is 5.26 Å². The molecule has 0 radical (unpaired) electrons. The highest BCUT2D eigenvalue weighted by molar-refractivity contribution is 5.97. The molecule has 1 aliphatic carbocycles. The molecule has 88 valence electrons. The first-order valence-electron chi connectivity index (χ1n) is 5.68. The van der Waals surface area contributed by atoms with Gasteiger partial charge in [0, 0.05) is 5.69 Å². The van der Waals surface area contributed by atoms with E-state index in [2.05, 4.69) is 11.4 Å². The summed E-state index contributed by atoms with van der Waals surface area (Å²) in [6, 6.07) is 8.39. The summed E-state index contributed by atoms with van der Waals surface area (Å²) in [7, 11) is 0. The Kier molecular flexibility index (Phi) is 3.01. The summed E-state index contributed by atoms with van der Waals surface area (Å²) in [6.45, 7) is 0. The van der Waals surface area contributed by atoms with Gasteiger partial charge >= 0.3 is 0 Å². The molecule has 2 rings (SSSR count). The zero-order valence-corrected chi connectivity index (χ0v) is 9.44. The number of aromatic hydroxyl groups is 1. The van der Waals surface area contributed by atoms with E-state index in [9.17, 15) is 4.79 Å². The molecule has 1 saturated carbocycles. The van der Waals surface area contributed by atoms with E-state index < -0.39 is 5.41 Å². The average Bonchev–Trinajstić information content (AvgIpc) is 2.82. The van der Waals surface area contributed by atoms with E-state index in [0.717, 1.165) is 12.8 Å². The smallest absolute Gasteiger partial charge is 0.244 e. The number of phenolic OH excluding ortho intramolecular Hbond substituents is 1. The van der Waals surface area contributed by atoms with Crippen LogP contribution in [0.2, 0.25) is 0 Å². The minimum absolute atomic E-state index is 0.152. The summed E-state index contributed by atoms with van der Waals surface area (Å²) in [4.78, 5) is 12.1. The SMILES string of the molecule is N#CC1(C(=O)Nc2ccc(O)cc2)CCCC1. The van der Waals surface area contributed by atoms with Gasteiger partial charge in [-0.3, -0.25) is 4.79 Å². The molecule has 0 aliphatic heterocycles. The Bertz CT molecular complexity index is 453. The lowest BCUT2D eigenvalue weighted by Crippen LogP contribution is -2.32. The van der Waals surface area contributed by atoms with Gasteiger partial charge < -0.3 is 10.4 Å². The van der Waals surface area contributed by atoms with Crippen LogP contribution in [0.25, 0.3) is 0 Å². The van der Waals surface area contributed by atoms with Crippen molar-refractivity contribution in [2.24, 2.45) is 5.41 Å². The lowest BCUT2D eigenvalue weighted by atomic mass is 9.87. The third-order valence-corrected chi connectivity index (χ3v) is 3.23. The van der Waals surface area contributed by atoms with Gasteiger partial charge in [0.05, 0.1) is 6.07 Å². The van der Waals surface area contributed by atoms with E-state index in [1.165, 1.54) is 12.1 Å². The number of nitrogens with one attached hydrogen (secondary N) is 1. The van der Waals surface area contributed by atoms with Crippen LogP contribution in [-0.4, -0.2) is 11.0 Å². The maximum absolute atomic E-state index is 12.1. The Hall–Kier alpha value is -2.02. The Morgan fingerprint density at radius 2 is 1.88 bits per heavy atom. The molecule has 1 fully saturated rings. The fraction of sp³-hybridized carbons (Fsp3) is 0.385. The standard InChI is InChI=1S/C13H14N2O2/c14-9-13(7-1-2-8-13)12(17)15-10-3-5-11(16)6-4-10/h3-6,16H,1-2,7-8H2,(H,15,17). The molecule has 0 bridgehead atoms. The fourth-order valence-corrected chi connectivity index (χ4v) is 2.16. The molecule has 4 nitrogen and oxygen atoms in total. The van der Waals surface area contributed by atoms with Crippen molar-refractivity contribution in [3.63, 3.8) is 0 Å². The third-order valence-electron chi connectivity index (χ3n) is 3.23. The van der Waals surface area contributed by atoms with Gasteiger partial charge in [-0.15, -0.1) is 0 Å². The quantitative estimate of drug-likeness (QED) is 0.766. The molecule has 1 amide bonds. The van der Waals surface area contributed by atoms with Gasteiger partial charge in [-0.25, -0.2) is 0 Å². The summed E-state index contributed by atoms with van der Waals surface area (Å²) in [5.74, 6) is -0.0814. The van der Waals surface area contributed by atoms with Crippen LogP contribution in [0, 0.1) is 16.7 Å². The van der Waals surface area contributed by atoms with Crippen LogP contribution in [0.3, 0.4) is 0 Å². The van der Waals surface area contributed by atoms with E-state index in [-0.39, 0.29) is 11.7 Å². The van der Waals surface area contributed by atoms with Gasteiger partial charge in [0.25, 0.3) is 0 Å². The predicted octanol–water partition coefficient (Wildman–Crippen LogP) is 2.41. The lowest BCUT2D eigenvalue weighted by Gasteiger charge is -2.19. The monoisotopic (exact) mass is 230 g/mol. The molecule has 4 heteroatoms. The molecule has 2 N–H and O–H groups in total. The first-order valence-corrected chi connectivity index (χ1v) is 5.68. The molecule has 0 atom stereocenters. The fourth-order valence-electron chi connectivity index (χ4n) is 2.16. The molecular formula is C13H14N2O2. The van der Waals surface area contributed by atoms with Crippen LogP contribution in [0.15, 0.2) is 24.3 Å². The van der Waals surface area contributed by atoms with Crippen molar-refractivity contribution in [2.75, 3.05) is 5.32 Å². The number of phenols is 1. The van der Waals surface area contributed by atoms with Gasteiger partial charge in [-0.1, -0.05) is 12.8 Å². The first kappa shape index (κ1) is 11.5. The summed E-state index contributed by atoms with van der Waals surface area (Å²) >= 11 is 0. The summed E-state index contributed by atoms with van der Waals surface area (Å²) < 4.78 is 0. The minimum Gasteiger partial charge on any atom is -0.508 e. The van der Waals surface area contributed by atoms with Crippen molar-refractivity contribution in [2.45, 2.75) is 25.7 Å². The number of amides is 1. The third kappa shape index (κ3) is 2.23. The van der Waals surface area contributed by atoms with Crippen molar-refractivity contribution in [1.82, 2.24) is 0 Å². The Balaban J connectivity index is 2.11. The number of carbonyl (C=O) groups is 1. The second-order valence-electron chi connectivity index (χ2n) is 4.40. The summed E-state index contributed by atoms with van der Waals surface area (Å²) in [6.07, 6.45) is 3.12. The zero-order chi connectivity index (χ0) is 12.3. The van der Waals surface area contributed by atoms with Crippen LogP contribution in [0.1, 0.15) is 25.7 Å². The second-order valence-corrected chi connectivity index (χ2v) is 4.40. The summed E-state index contributed by atoms with van der Waals surface area (Å²) in [5, 5.41) is 21.0. The average molecular weight is 230 g/mol. The second kappa shape index (κ2) is 4.46. The van der Waals surface area contributed by atoms with E-state index in [4.69, 9.17) is 10.4 Å². The number of nitrogens with zero attached hydrogens (tertiary/aromatic N) is 1. The first-order chi connectivity index (χ1) is 8.16. The molecule has 0 aromatic heterocycles. The Labute approximate surface area is 99.9 Å². The minimum atomic E-state index is -0.863. The van der Waals surface area contributed by atoms with E-state index in [1.54, 1.807) is 12.1 Å². The van der Waals surface area contributed by atoms with Crippen molar-refractivity contribution < 1.29 is 9.90 Å². The van der Waals surface area contributed by atoms with Crippen LogP contribution in [0.5, 0.6) is 5.75 Å². The number of carbonyl (C=O) groups excluding carboxylic acids is 1. The molecular weight excluding hydrogens is 216 g/mol. The van der Waals surface area contributed by atoms with E-state index in [0.29, 0.717) is 18.5 Å². The molecule has 0 saturated heterocycles. The normalized spacial score (nSPS) is 17.4. The largest absolute Gasteiger partial charge is 0.508 e. The number of rotatable bonds is 2. The van der Waals surface area contributed by atoms with Gasteiger partial charge in [0.2, 0.25) is 5.91 Å². The van der Waals surface area contributed by atoms with Crippen molar-refractivity contribution in [3.05, 3.63) is 24.3 Å². The van der Waals surface area contributed by atoms with E-state index >= 15 is 0 Å². The van der Waals surface area contributed by atoms with Gasteiger partial charge in [-0.2, -0.15) is 5.26 Å². The van der Waals surface area contributed by atoms with Gasteiger partial charge in [-0.05, 0) is 37.1 Å². The molecule has 1 aromatic rings. The van der Waals surface area contributed by atoms with Crippen LogP contribution in [0.4, 0.5) is 5.69 Å². The van der Waals surface area contributed by atoms with Gasteiger partial charge in [0.15, 0.2) is 0 Å². The number of hydrogen-bond acceptors (Lipinski definition) is 3. The molecule has 0 spiro atoms. The Morgan fingerprint density at radius 1 is 1.29 bits per heavy atom. The van der Waals surface area contributed by atoms with E-state index in [1.807, 2.05) is 0 Å². The maximum atomic E-state index is 12.1. The van der Waals surface area contributed by atoms with Gasteiger partial charge in [0.1, 0.15) is 11.2 Å². The molecule has 17 heavy (non-hydrogen) atoms. The maximum Gasteiger partial charge on any atom is 0.244 e. The number of anilines is 1. The number of nitriles is 1. The van der Waals surface area contributed by atoms with Crippen LogP contribution >= 0.6 is 0 Å². The molecule has 1 aliphatic rings. The van der Waals surface area contributed by atoms with Crippen molar-refractivity contribution in [3.8, 4) is 11.8 Å². The highest BCUT2D eigenvalue weighted by Crippen LogP contribution is 2.38. The highest BCUT2D eigenvalue weighted by atomic mass is 16.3. The molecule has 1 aromatic carbocycles.